The van der Waals surface area contributed by atoms with Crippen molar-refractivity contribution >= 4 is 11.8 Å². The normalized spacial score (nSPS) is 9.85. The van der Waals surface area contributed by atoms with Gasteiger partial charge in [-0.2, -0.15) is 0 Å². The molecule has 64 valence electrons. The Kier molecular flexibility index (Phi) is 2.47. The largest absolute Gasteiger partial charge is 0.260 e. The molecule has 5 heteroatoms. The van der Waals surface area contributed by atoms with Crippen molar-refractivity contribution in [3.8, 4) is 0 Å². The molecule has 0 aliphatic heterocycles. The Morgan fingerprint density at radius 1 is 0.769 bits per heavy atom. The van der Waals surface area contributed by atoms with Gasteiger partial charge in [-0.25, -0.2) is 9.97 Å². The zero-order chi connectivity index (χ0) is 8.93. The minimum atomic E-state index is 0.822. The first-order valence-corrected chi connectivity index (χ1v) is 4.47. The topological polar surface area (TPSA) is 51.6 Å². The van der Waals surface area contributed by atoms with Crippen LogP contribution in [0.5, 0.6) is 0 Å². The highest BCUT2D eigenvalue weighted by Gasteiger charge is 1.97. The van der Waals surface area contributed by atoms with Gasteiger partial charge in [0.05, 0.1) is 12.4 Å². The van der Waals surface area contributed by atoms with E-state index in [2.05, 4.69) is 19.9 Å². The van der Waals surface area contributed by atoms with Crippen LogP contribution in [-0.2, 0) is 0 Å². The van der Waals surface area contributed by atoms with E-state index in [1.165, 1.54) is 11.8 Å². The lowest BCUT2D eigenvalue weighted by Gasteiger charge is -1.96. The van der Waals surface area contributed by atoms with Crippen LogP contribution in [0.1, 0.15) is 0 Å². The van der Waals surface area contributed by atoms with Crippen LogP contribution >= 0.6 is 11.8 Å². The first-order chi connectivity index (χ1) is 6.45. The predicted octanol–water partition coefficient (Wildman–Crippen LogP) is 1.42. The van der Waals surface area contributed by atoms with Gasteiger partial charge in [0.2, 0.25) is 0 Å². The summed E-state index contributed by atoms with van der Waals surface area (Å²) in [5.41, 5.74) is 0. The van der Waals surface area contributed by atoms with Crippen LogP contribution in [0.15, 0.2) is 47.2 Å². The molecule has 2 rings (SSSR count). The van der Waals surface area contributed by atoms with Gasteiger partial charge < -0.3 is 0 Å². The molecular formula is C8H6N4S. The van der Waals surface area contributed by atoms with Crippen LogP contribution in [0.2, 0.25) is 0 Å². The Morgan fingerprint density at radius 3 is 1.69 bits per heavy atom. The van der Waals surface area contributed by atoms with Crippen molar-refractivity contribution in [3.05, 3.63) is 37.2 Å². The van der Waals surface area contributed by atoms with Gasteiger partial charge in [-0.05, 0) is 11.8 Å². The molecule has 2 aromatic rings. The second-order valence-corrected chi connectivity index (χ2v) is 3.23. The molecule has 0 aliphatic carbocycles. The van der Waals surface area contributed by atoms with E-state index >= 15 is 0 Å². The van der Waals surface area contributed by atoms with Crippen molar-refractivity contribution in [2.45, 2.75) is 10.1 Å². The Labute approximate surface area is 79.5 Å². The van der Waals surface area contributed by atoms with E-state index in [1.54, 1.807) is 37.2 Å². The Morgan fingerprint density at radius 2 is 1.31 bits per heavy atom. The third-order valence-electron chi connectivity index (χ3n) is 1.29. The molecule has 0 unspecified atom stereocenters. The van der Waals surface area contributed by atoms with Gasteiger partial charge in [-0.1, -0.05) is 0 Å². The molecule has 13 heavy (non-hydrogen) atoms. The molecule has 0 saturated carbocycles. The van der Waals surface area contributed by atoms with Crippen LogP contribution in [0.25, 0.3) is 0 Å². The summed E-state index contributed by atoms with van der Waals surface area (Å²) in [6, 6.07) is 0. The molecular weight excluding hydrogens is 184 g/mol. The summed E-state index contributed by atoms with van der Waals surface area (Å²) in [5, 5.41) is 1.64. The Balaban J connectivity index is 2.16. The van der Waals surface area contributed by atoms with E-state index in [0.29, 0.717) is 0 Å². The molecule has 0 atom stereocenters. The van der Waals surface area contributed by atoms with Crippen molar-refractivity contribution in [2.24, 2.45) is 0 Å². The standard InChI is InChI=1S/C8H6N4S/c1-3-11-7(5-9-1)13-8-6-10-2-4-12-8/h1-6H. The zero-order valence-electron chi connectivity index (χ0n) is 6.66. The SMILES string of the molecule is c1cnc(Sc2cnccn2)cn1. The van der Waals surface area contributed by atoms with E-state index in [0.717, 1.165) is 10.1 Å². The highest BCUT2D eigenvalue weighted by molar-refractivity contribution is 7.99. The summed E-state index contributed by atoms with van der Waals surface area (Å²) in [5.74, 6) is 0. The number of rotatable bonds is 2. The smallest absolute Gasteiger partial charge is 0.121 e. The molecule has 0 spiro atoms. The van der Waals surface area contributed by atoms with Gasteiger partial charge >= 0.3 is 0 Å². The quantitative estimate of drug-likeness (QED) is 0.716. The van der Waals surface area contributed by atoms with Crippen LogP contribution < -0.4 is 0 Å². The molecule has 0 saturated heterocycles. The lowest BCUT2D eigenvalue weighted by Crippen LogP contribution is -1.83. The van der Waals surface area contributed by atoms with Crippen molar-refractivity contribution < 1.29 is 0 Å². The first kappa shape index (κ1) is 8.12. The summed E-state index contributed by atoms with van der Waals surface area (Å²) in [4.78, 5) is 16.1. The molecule has 0 bridgehead atoms. The molecule has 2 aromatic heterocycles. The van der Waals surface area contributed by atoms with Crippen molar-refractivity contribution in [1.29, 1.82) is 0 Å². The van der Waals surface area contributed by atoms with E-state index in [-0.39, 0.29) is 0 Å². The van der Waals surface area contributed by atoms with Crippen molar-refractivity contribution in [2.75, 3.05) is 0 Å². The third-order valence-corrected chi connectivity index (χ3v) is 2.13. The number of aromatic nitrogens is 4. The molecule has 0 fully saturated rings. The van der Waals surface area contributed by atoms with Crippen LogP contribution in [-0.4, -0.2) is 19.9 Å². The first-order valence-electron chi connectivity index (χ1n) is 3.65. The zero-order valence-corrected chi connectivity index (χ0v) is 7.48. The minimum absolute atomic E-state index is 0.822. The maximum atomic E-state index is 4.11. The van der Waals surface area contributed by atoms with Gasteiger partial charge in [-0.15, -0.1) is 0 Å². The number of hydrogen-bond acceptors (Lipinski definition) is 5. The third kappa shape index (κ3) is 2.22. The minimum Gasteiger partial charge on any atom is -0.260 e. The average molecular weight is 190 g/mol. The van der Waals surface area contributed by atoms with Gasteiger partial charge in [-0.3, -0.25) is 9.97 Å². The van der Waals surface area contributed by atoms with Crippen LogP contribution in [0, 0.1) is 0 Å². The summed E-state index contributed by atoms with van der Waals surface area (Å²) in [6.07, 6.45) is 9.97. The molecule has 0 N–H and O–H groups in total. The van der Waals surface area contributed by atoms with Gasteiger partial charge in [0, 0.05) is 24.8 Å². The Bertz CT molecular complexity index is 327. The fourth-order valence-electron chi connectivity index (χ4n) is 0.783. The second-order valence-electron chi connectivity index (χ2n) is 2.19. The van der Waals surface area contributed by atoms with Gasteiger partial charge in [0.25, 0.3) is 0 Å². The monoisotopic (exact) mass is 190 g/mol. The van der Waals surface area contributed by atoms with Gasteiger partial charge in [0.15, 0.2) is 0 Å². The highest BCUT2D eigenvalue weighted by atomic mass is 32.2. The predicted molar refractivity (Wildman–Crippen MR) is 48.2 cm³/mol. The fourth-order valence-corrected chi connectivity index (χ4v) is 1.45. The average Bonchev–Trinajstić information content (AvgIpc) is 2.21. The maximum absolute atomic E-state index is 4.11. The van der Waals surface area contributed by atoms with E-state index in [4.69, 9.17) is 0 Å². The highest BCUT2D eigenvalue weighted by Crippen LogP contribution is 2.21. The van der Waals surface area contributed by atoms with E-state index < -0.39 is 0 Å². The lowest BCUT2D eigenvalue weighted by atomic mass is 10.8. The summed E-state index contributed by atoms with van der Waals surface area (Å²) in [7, 11) is 0. The number of hydrogen-bond donors (Lipinski definition) is 0. The number of nitrogens with zero attached hydrogens (tertiary/aromatic N) is 4. The summed E-state index contributed by atoms with van der Waals surface area (Å²) in [6.45, 7) is 0. The lowest BCUT2D eigenvalue weighted by molar-refractivity contribution is 1.02. The summed E-state index contributed by atoms with van der Waals surface area (Å²) < 4.78 is 0. The molecule has 0 amide bonds. The fraction of sp³-hybridized carbons (Fsp3) is 0. The van der Waals surface area contributed by atoms with Gasteiger partial charge in [0.1, 0.15) is 10.1 Å². The molecule has 0 aromatic carbocycles. The molecule has 4 nitrogen and oxygen atoms in total. The maximum Gasteiger partial charge on any atom is 0.121 e. The van der Waals surface area contributed by atoms with E-state index in [9.17, 15) is 0 Å². The van der Waals surface area contributed by atoms with Crippen LogP contribution in [0.3, 0.4) is 0 Å². The molecule has 0 radical (unpaired) electrons. The molecule has 2 heterocycles. The van der Waals surface area contributed by atoms with Crippen LogP contribution in [0.4, 0.5) is 0 Å². The second kappa shape index (κ2) is 3.95. The molecule has 0 aliphatic rings. The van der Waals surface area contributed by atoms with Crippen molar-refractivity contribution in [3.63, 3.8) is 0 Å². The summed E-state index contributed by atoms with van der Waals surface area (Å²) >= 11 is 1.44. The van der Waals surface area contributed by atoms with E-state index in [1.807, 2.05) is 0 Å². The van der Waals surface area contributed by atoms with Crippen molar-refractivity contribution in [1.82, 2.24) is 19.9 Å². The Hall–Kier alpha value is -1.49.